The van der Waals surface area contributed by atoms with Crippen molar-refractivity contribution < 1.29 is 19.1 Å². The molecule has 3 aromatic carbocycles. The first kappa shape index (κ1) is 20.8. The smallest absolute Gasteiger partial charge is 0.257 e. The van der Waals surface area contributed by atoms with Gasteiger partial charge in [0.2, 0.25) is 5.91 Å². The predicted octanol–water partition coefficient (Wildman–Crippen LogP) is 5.34. The van der Waals surface area contributed by atoms with Gasteiger partial charge in [0.25, 0.3) is 5.91 Å². The van der Waals surface area contributed by atoms with Gasteiger partial charge >= 0.3 is 0 Å². The molecular weight excluding hydrogens is 428 g/mol. The summed E-state index contributed by atoms with van der Waals surface area (Å²) >= 11 is 0. The topological polar surface area (TPSA) is 67.9 Å². The Hall–Kier alpha value is -3.80. The average Bonchev–Trinajstić information content (AvgIpc) is 2.87. The van der Waals surface area contributed by atoms with Crippen LogP contribution in [0.2, 0.25) is 0 Å². The molecule has 0 bridgehead atoms. The van der Waals surface area contributed by atoms with Crippen LogP contribution in [-0.4, -0.2) is 35.9 Å². The molecule has 6 nitrogen and oxygen atoms in total. The number of rotatable bonds is 2. The summed E-state index contributed by atoms with van der Waals surface area (Å²) in [6.07, 6.45) is 4.04. The van der Waals surface area contributed by atoms with Crippen molar-refractivity contribution in [2.75, 3.05) is 18.5 Å². The second-order valence-corrected chi connectivity index (χ2v) is 9.10. The number of hydrogen-bond acceptors (Lipinski definition) is 4. The molecule has 172 valence electrons. The lowest BCUT2D eigenvalue weighted by Gasteiger charge is -2.37. The van der Waals surface area contributed by atoms with Crippen molar-refractivity contribution in [2.45, 2.75) is 37.6 Å². The van der Waals surface area contributed by atoms with Gasteiger partial charge in [-0.1, -0.05) is 36.4 Å². The number of hydrogen-bond donors (Lipinski definition) is 1. The Morgan fingerprint density at radius 3 is 2.38 bits per heavy atom. The Morgan fingerprint density at radius 2 is 1.62 bits per heavy atom. The number of nitrogens with one attached hydrogen (secondary N) is 1. The van der Waals surface area contributed by atoms with Crippen molar-refractivity contribution >= 4 is 17.5 Å². The van der Waals surface area contributed by atoms with Crippen molar-refractivity contribution in [3.05, 3.63) is 83.4 Å². The van der Waals surface area contributed by atoms with Gasteiger partial charge < -0.3 is 19.7 Å². The van der Waals surface area contributed by atoms with Crippen LogP contribution in [0.1, 0.15) is 53.1 Å². The predicted molar refractivity (Wildman–Crippen MR) is 129 cm³/mol. The van der Waals surface area contributed by atoms with Gasteiger partial charge in [-0.25, -0.2) is 0 Å². The molecule has 0 aliphatic carbocycles. The van der Waals surface area contributed by atoms with E-state index in [9.17, 15) is 9.59 Å². The summed E-state index contributed by atoms with van der Waals surface area (Å²) in [6, 6.07) is 20.8. The fraction of sp³-hybridized carbons (Fsp3) is 0.286. The Morgan fingerprint density at radius 1 is 0.882 bits per heavy atom. The number of carbonyl (C=O) groups is 2. The fourth-order valence-electron chi connectivity index (χ4n) is 5.34. The van der Waals surface area contributed by atoms with Gasteiger partial charge in [-0.05, 0) is 49.6 Å². The summed E-state index contributed by atoms with van der Waals surface area (Å²) in [5.41, 5.74) is 2.73. The summed E-state index contributed by atoms with van der Waals surface area (Å²) in [5, 5.41) is 3.05. The first-order valence-corrected chi connectivity index (χ1v) is 11.9. The maximum atomic E-state index is 13.6. The van der Waals surface area contributed by atoms with E-state index in [1.807, 2.05) is 53.4 Å². The Bertz CT molecular complexity index is 1230. The average molecular weight is 455 g/mol. The molecule has 3 aromatic rings. The van der Waals surface area contributed by atoms with Crippen molar-refractivity contribution in [3.63, 3.8) is 0 Å². The Labute approximate surface area is 198 Å². The third kappa shape index (κ3) is 3.59. The number of nitrogens with zero attached hydrogens (tertiary/aromatic N) is 1. The number of anilines is 1. The van der Waals surface area contributed by atoms with Crippen LogP contribution in [0.15, 0.2) is 66.7 Å². The molecule has 0 aromatic heterocycles. The highest BCUT2D eigenvalue weighted by Gasteiger charge is 2.34. The van der Waals surface area contributed by atoms with Gasteiger partial charge in [-0.2, -0.15) is 0 Å². The minimum absolute atomic E-state index is 0.0164. The van der Waals surface area contributed by atoms with E-state index in [0.717, 1.165) is 43.4 Å². The number of piperidine rings is 1. The van der Waals surface area contributed by atoms with E-state index in [0.29, 0.717) is 35.1 Å². The SMILES string of the molecule is O=C(Nc1ccc2c(c1)C(=O)N1CCCCC1CCO2)C1c2ccccc2Oc2ccccc21. The molecule has 0 saturated carbocycles. The Kier molecular flexibility index (Phi) is 5.21. The van der Waals surface area contributed by atoms with Crippen molar-refractivity contribution in [1.82, 2.24) is 4.90 Å². The van der Waals surface area contributed by atoms with Crippen LogP contribution in [0.25, 0.3) is 0 Å². The first-order chi connectivity index (χ1) is 16.7. The summed E-state index contributed by atoms with van der Waals surface area (Å²) in [4.78, 5) is 29.0. The van der Waals surface area contributed by atoms with E-state index < -0.39 is 5.92 Å². The minimum Gasteiger partial charge on any atom is -0.493 e. The molecule has 3 aliphatic rings. The normalized spacial score (nSPS) is 19.2. The molecule has 1 fully saturated rings. The van der Waals surface area contributed by atoms with Crippen molar-refractivity contribution in [1.29, 1.82) is 0 Å². The molecule has 3 heterocycles. The molecule has 3 aliphatic heterocycles. The highest BCUT2D eigenvalue weighted by atomic mass is 16.5. The monoisotopic (exact) mass is 454 g/mol. The van der Waals surface area contributed by atoms with E-state index in [2.05, 4.69) is 5.32 Å². The second-order valence-electron chi connectivity index (χ2n) is 9.10. The van der Waals surface area contributed by atoms with E-state index in [4.69, 9.17) is 9.47 Å². The molecule has 2 amide bonds. The Balaban J connectivity index is 1.32. The summed E-state index contributed by atoms with van der Waals surface area (Å²) in [6.45, 7) is 1.36. The highest BCUT2D eigenvalue weighted by Crippen LogP contribution is 2.44. The van der Waals surface area contributed by atoms with Crippen LogP contribution in [-0.2, 0) is 4.79 Å². The highest BCUT2D eigenvalue weighted by molar-refractivity contribution is 6.02. The lowest BCUT2D eigenvalue weighted by molar-refractivity contribution is -0.116. The molecule has 1 unspecified atom stereocenters. The number of fused-ring (bicyclic) bond motifs is 4. The van der Waals surface area contributed by atoms with E-state index in [-0.39, 0.29) is 17.9 Å². The van der Waals surface area contributed by atoms with Gasteiger partial charge in [-0.15, -0.1) is 0 Å². The number of para-hydroxylation sites is 2. The van der Waals surface area contributed by atoms with Gasteiger partial charge in [0.05, 0.1) is 18.1 Å². The van der Waals surface area contributed by atoms with Gasteiger partial charge in [-0.3, -0.25) is 9.59 Å². The standard InChI is InChI=1S/C28H26N2O4/c31-27(26-20-8-1-3-10-24(20)34-25-11-4-2-9-21(25)26)29-18-12-13-23-22(17-18)28(32)30-15-6-5-7-19(30)14-16-33-23/h1-4,8-13,17,19,26H,5-7,14-16H2,(H,29,31). The zero-order valence-corrected chi connectivity index (χ0v) is 18.8. The van der Waals surface area contributed by atoms with Crippen LogP contribution in [0.4, 0.5) is 5.69 Å². The number of carbonyl (C=O) groups excluding carboxylic acids is 2. The van der Waals surface area contributed by atoms with Gasteiger partial charge in [0, 0.05) is 35.8 Å². The molecule has 0 radical (unpaired) electrons. The maximum Gasteiger partial charge on any atom is 0.257 e. The lowest BCUT2D eigenvalue weighted by atomic mass is 9.87. The van der Waals surface area contributed by atoms with E-state index in [1.54, 1.807) is 18.2 Å². The summed E-state index contributed by atoms with van der Waals surface area (Å²) < 4.78 is 12.0. The molecule has 1 saturated heterocycles. The second kappa shape index (κ2) is 8.52. The third-order valence-corrected chi connectivity index (χ3v) is 7.02. The summed E-state index contributed by atoms with van der Waals surface area (Å²) in [7, 11) is 0. The fourth-order valence-corrected chi connectivity index (χ4v) is 5.34. The van der Waals surface area contributed by atoms with Crippen LogP contribution >= 0.6 is 0 Å². The molecule has 6 heteroatoms. The molecule has 34 heavy (non-hydrogen) atoms. The molecule has 0 spiro atoms. The van der Waals surface area contributed by atoms with E-state index >= 15 is 0 Å². The third-order valence-electron chi connectivity index (χ3n) is 7.02. The van der Waals surface area contributed by atoms with Crippen molar-refractivity contribution in [2.24, 2.45) is 0 Å². The van der Waals surface area contributed by atoms with Crippen LogP contribution < -0.4 is 14.8 Å². The molecule has 1 N–H and O–H groups in total. The molecular formula is C28H26N2O4. The minimum atomic E-state index is -0.512. The van der Waals surface area contributed by atoms with Crippen LogP contribution in [0, 0.1) is 0 Å². The quantitative estimate of drug-likeness (QED) is 0.568. The largest absolute Gasteiger partial charge is 0.493 e. The number of benzene rings is 3. The number of ether oxygens (including phenoxy) is 2. The first-order valence-electron chi connectivity index (χ1n) is 11.9. The van der Waals surface area contributed by atoms with Crippen LogP contribution in [0.5, 0.6) is 17.2 Å². The lowest BCUT2D eigenvalue weighted by Crippen LogP contribution is -2.45. The maximum absolute atomic E-state index is 13.6. The van der Waals surface area contributed by atoms with Crippen molar-refractivity contribution in [3.8, 4) is 17.2 Å². The molecule has 6 rings (SSSR count). The van der Waals surface area contributed by atoms with Crippen LogP contribution in [0.3, 0.4) is 0 Å². The van der Waals surface area contributed by atoms with Gasteiger partial charge in [0.15, 0.2) is 0 Å². The zero-order valence-electron chi connectivity index (χ0n) is 18.8. The summed E-state index contributed by atoms with van der Waals surface area (Å²) in [5.74, 6) is 1.24. The van der Waals surface area contributed by atoms with E-state index in [1.165, 1.54) is 0 Å². The zero-order chi connectivity index (χ0) is 23.1. The number of amides is 2. The van der Waals surface area contributed by atoms with Gasteiger partial charge in [0.1, 0.15) is 17.2 Å². The molecule has 1 atom stereocenters.